The van der Waals surface area contributed by atoms with Gasteiger partial charge >= 0.3 is 0 Å². The van der Waals surface area contributed by atoms with Gasteiger partial charge < -0.3 is 15.6 Å². The van der Waals surface area contributed by atoms with Crippen LogP contribution in [-0.2, 0) is 6.54 Å². The van der Waals surface area contributed by atoms with Gasteiger partial charge in [-0.2, -0.15) is 0 Å². The number of rotatable bonds is 4. The van der Waals surface area contributed by atoms with E-state index < -0.39 is 0 Å². The molecule has 80 valence electrons. The third kappa shape index (κ3) is 2.48. The van der Waals surface area contributed by atoms with Crippen molar-refractivity contribution in [1.82, 2.24) is 14.9 Å². The summed E-state index contributed by atoms with van der Waals surface area (Å²) in [6.45, 7) is 9.28. The number of anilines is 1. The van der Waals surface area contributed by atoms with Gasteiger partial charge in [-0.05, 0) is 13.8 Å². The minimum atomic E-state index is 0.362. The third-order valence-electron chi connectivity index (χ3n) is 2.11. The van der Waals surface area contributed by atoms with Crippen molar-refractivity contribution in [3.05, 3.63) is 11.9 Å². The van der Waals surface area contributed by atoms with Crippen LogP contribution in [0.3, 0.4) is 0 Å². The highest BCUT2D eigenvalue weighted by molar-refractivity contribution is 5.23. The molecule has 4 heteroatoms. The molecule has 14 heavy (non-hydrogen) atoms. The zero-order chi connectivity index (χ0) is 10.7. The average Bonchev–Trinajstić information content (AvgIpc) is 2.43. The minimum Gasteiger partial charge on any atom is -0.369 e. The van der Waals surface area contributed by atoms with Gasteiger partial charge in [-0.3, -0.25) is 0 Å². The Kier molecular flexibility index (Phi) is 3.52. The molecule has 0 aromatic carbocycles. The summed E-state index contributed by atoms with van der Waals surface area (Å²) >= 11 is 0. The van der Waals surface area contributed by atoms with Gasteiger partial charge in [-0.25, -0.2) is 4.98 Å². The van der Waals surface area contributed by atoms with Gasteiger partial charge in [-0.15, -0.1) is 0 Å². The lowest BCUT2D eigenvalue weighted by molar-refractivity contribution is 0.529. The number of aromatic nitrogens is 2. The van der Waals surface area contributed by atoms with E-state index in [0.29, 0.717) is 18.0 Å². The maximum absolute atomic E-state index is 5.77. The van der Waals surface area contributed by atoms with E-state index in [0.717, 1.165) is 12.2 Å². The zero-order valence-electron chi connectivity index (χ0n) is 9.41. The van der Waals surface area contributed by atoms with Gasteiger partial charge in [0.1, 0.15) is 0 Å². The average molecular weight is 196 g/mol. The highest BCUT2D eigenvalue weighted by atomic mass is 15.2. The number of nitrogens with one attached hydrogen (secondary N) is 1. The monoisotopic (exact) mass is 196 g/mol. The molecule has 0 atom stereocenters. The summed E-state index contributed by atoms with van der Waals surface area (Å²) in [5, 5.41) is 3.35. The summed E-state index contributed by atoms with van der Waals surface area (Å²) in [6.07, 6.45) is 1.84. The third-order valence-corrected chi connectivity index (χ3v) is 2.11. The molecule has 0 unspecified atom stereocenters. The van der Waals surface area contributed by atoms with Crippen LogP contribution in [0.1, 0.15) is 39.4 Å². The second kappa shape index (κ2) is 4.46. The number of imidazole rings is 1. The molecule has 0 fully saturated rings. The summed E-state index contributed by atoms with van der Waals surface area (Å²) in [6, 6.07) is 0.841. The van der Waals surface area contributed by atoms with Gasteiger partial charge in [0.15, 0.2) is 0 Å². The topological polar surface area (TPSA) is 55.9 Å². The Morgan fingerprint density at radius 1 is 1.43 bits per heavy atom. The molecule has 0 saturated carbocycles. The van der Waals surface area contributed by atoms with Crippen molar-refractivity contribution in [2.45, 2.75) is 46.3 Å². The molecule has 0 spiro atoms. The van der Waals surface area contributed by atoms with E-state index in [1.54, 1.807) is 0 Å². The standard InChI is InChI=1S/C10H20N4/c1-7(2)12-5-9-6-13-10(11)14(9)8(3)4/h6-8,12H,5H2,1-4H3,(H2,11,13). The van der Waals surface area contributed by atoms with Crippen LogP contribution in [0.15, 0.2) is 6.20 Å². The predicted molar refractivity (Wildman–Crippen MR) is 59.0 cm³/mol. The first-order valence-electron chi connectivity index (χ1n) is 5.07. The lowest BCUT2D eigenvalue weighted by Gasteiger charge is -2.15. The van der Waals surface area contributed by atoms with Gasteiger partial charge in [0.25, 0.3) is 0 Å². The fourth-order valence-electron chi connectivity index (χ4n) is 1.45. The van der Waals surface area contributed by atoms with Crippen molar-refractivity contribution in [2.24, 2.45) is 0 Å². The van der Waals surface area contributed by atoms with Gasteiger partial charge in [0.2, 0.25) is 5.95 Å². The molecule has 1 heterocycles. The largest absolute Gasteiger partial charge is 0.369 e. The lowest BCUT2D eigenvalue weighted by Crippen LogP contribution is -2.24. The first-order valence-corrected chi connectivity index (χ1v) is 5.07. The molecule has 1 aromatic heterocycles. The SMILES string of the molecule is CC(C)NCc1cnc(N)n1C(C)C. The molecule has 3 N–H and O–H groups in total. The molecule has 0 aliphatic rings. The molecular weight excluding hydrogens is 176 g/mol. The van der Waals surface area contributed by atoms with E-state index >= 15 is 0 Å². The van der Waals surface area contributed by atoms with Crippen LogP contribution in [0.25, 0.3) is 0 Å². The first kappa shape index (κ1) is 11.0. The van der Waals surface area contributed by atoms with Gasteiger partial charge in [0.05, 0.1) is 11.9 Å². The van der Waals surface area contributed by atoms with Crippen molar-refractivity contribution >= 4 is 5.95 Å². The number of nitrogens with zero attached hydrogens (tertiary/aromatic N) is 2. The number of nitrogens with two attached hydrogens (primary N) is 1. The number of hydrogen-bond acceptors (Lipinski definition) is 3. The van der Waals surface area contributed by atoms with Crippen molar-refractivity contribution in [3.63, 3.8) is 0 Å². The lowest BCUT2D eigenvalue weighted by atomic mass is 10.3. The molecule has 0 radical (unpaired) electrons. The second-order valence-electron chi connectivity index (χ2n) is 4.11. The fourth-order valence-corrected chi connectivity index (χ4v) is 1.45. The van der Waals surface area contributed by atoms with E-state index in [1.807, 2.05) is 6.20 Å². The van der Waals surface area contributed by atoms with E-state index in [-0.39, 0.29) is 0 Å². The Morgan fingerprint density at radius 3 is 2.57 bits per heavy atom. The zero-order valence-corrected chi connectivity index (χ0v) is 9.41. The fraction of sp³-hybridized carbons (Fsp3) is 0.700. The van der Waals surface area contributed by atoms with Crippen LogP contribution in [0, 0.1) is 0 Å². The predicted octanol–water partition coefficient (Wildman–Crippen LogP) is 1.54. The maximum Gasteiger partial charge on any atom is 0.200 e. The molecule has 0 aliphatic carbocycles. The van der Waals surface area contributed by atoms with E-state index in [4.69, 9.17) is 5.73 Å². The molecule has 1 aromatic rings. The molecule has 0 saturated heterocycles. The summed E-state index contributed by atoms with van der Waals surface area (Å²) in [5.41, 5.74) is 6.92. The molecule has 4 nitrogen and oxygen atoms in total. The molecule has 0 bridgehead atoms. The van der Waals surface area contributed by atoms with Crippen LogP contribution >= 0.6 is 0 Å². The van der Waals surface area contributed by atoms with Crippen LogP contribution in [0.4, 0.5) is 5.95 Å². The Balaban J connectivity index is 2.76. The molecule has 1 rings (SSSR count). The van der Waals surface area contributed by atoms with Crippen LogP contribution in [0.2, 0.25) is 0 Å². The van der Waals surface area contributed by atoms with Gasteiger partial charge in [-0.1, -0.05) is 13.8 Å². The highest BCUT2D eigenvalue weighted by Crippen LogP contribution is 2.14. The summed E-state index contributed by atoms with van der Waals surface area (Å²) < 4.78 is 2.05. The normalized spacial score (nSPS) is 11.6. The molecule has 0 amide bonds. The van der Waals surface area contributed by atoms with Crippen LogP contribution in [-0.4, -0.2) is 15.6 Å². The Bertz CT molecular complexity index is 288. The van der Waals surface area contributed by atoms with Crippen molar-refractivity contribution in [3.8, 4) is 0 Å². The van der Waals surface area contributed by atoms with E-state index in [2.05, 4.69) is 42.6 Å². The quantitative estimate of drug-likeness (QED) is 0.768. The maximum atomic E-state index is 5.77. The first-order chi connectivity index (χ1) is 6.52. The Labute approximate surface area is 85.5 Å². The van der Waals surface area contributed by atoms with Crippen LogP contribution < -0.4 is 11.1 Å². The van der Waals surface area contributed by atoms with E-state index in [1.165, 1.54) is 0 Å². The Hall–Kier alpha value is -1.03. The molecule has 0 aliphatic heterocycles. The molecular formula is C10H20N4. The highest BCUT2D eigenvalue weighted by Gasteiger charge is 2.09. The van der Waals surface area contributed by atoms with Crippen molar-refractivity contribution in [2.75, 3.05) is 5.73 Å². The second-order valence-corrected chi connectivity index (χ2v) is 4.11. The summed E-state index contributed by atoms with van der Waals surface area (Å²) in [7, 11) is 0. The van der Waals surface area contributed by atoms with Gasteiger partial charge in [0, 0.05) is 18.6 Å². The van der Waals surface area contributed by atoms with Crippen molar-refractivity contribution < 1.29 is 0 Å². The Morgan fingerprint density at radius 2 is 2.07 bits per heavy atom. The minimum absolute atomic E-state index is 0.362. The number of hydrogen-bond donors (Lipinski definition) is 2. The smallest absolute Gasteiger partial charge is 0.200 e. The number of nitrogen functional groups attached to an aromatic ring is 1. The summed E-state index contributed by atoms with van der Waals surface area (Å²) in [5.74, 6) is 0.598. The van der Waals surface area contributed by atoms with Crippen LogP contribution in [0.5, 0.6) is 0 Å². The van der Waals surface area contributed by atoms with Crippen molar-refractivity contribution in [1.29, 1.82) is 0 Å². The van der Waals surface area contributed by atoms with E-state index in [9.17, 15) is 0 Å². The summed E-state index contributed by atoms with van der Waals surface area (Å²) in [4.78, 5) is 4.12.